The van der Waals surface area contributed by atoms with Crippen molar-refractivity contribution in [1.29, 1.82) is 0 Å². The molecule has 1 aromatic rings. The molecular weight excluding hydrogens is 260 g/mol. The lowest BCUT2D eigenvalue weighted by Crippen LogP contribution is -2.33. The van der Waals surface area contributed by atoms with Crippen molar-refractivity contribution in [2.75, 3.05) is 13.7 Å². The van der Waals surface area contributed by atoms with E-state index >= 15 is 0 Å². The summed E-state index contributed by atoms with van der Waals surface area (Å²) >= 11 is 0. The molecule has 21 heavy (non-hydrogen) atoms. The number of likely N-dealkylation sites (tertiary alicyclic amines) is 1. The molecule has 0 radical (unpaired) electrons. The summed E-state index contributed by atoms with van der Waals surface area (Å²) < 4.78 is 5.57. The van der Waals surface area contributed by atoms with Crippen LogP contribution in [0.1, 0.15) is 51.2 Å². The van der Waals surface area contributed by atoms with Crippen molar-refractivity contribution < 1.29 is 4.74 Å². The first-order chi connectivity index (χ1) is 10.2. The Balaban J connectivity index is 2.16. The highest BCUT2D eigenvalue weighted by Gasteiger charge is 2.29. The molecule has 2 unspecified atom stereocenters. The van der Waals surface area contributed by atoms with Crippen LogP contribution in [0.15, 0.2) is 18.2 Å². The van der Waals surface area contributed by atoms with Crippen LogP contribution in [0.5, 0.6) is 5.75 Å². The molecule has 1 aromatic carbocycles. The van der Waals surface area contributed by atoms with Crippen molar-refractivity contribution in [2.24, 2.45) is 0 Å². The van der Waals surface area contributed by atoms with Crippen LogP contribution in [-0.2, 0) is 13.1 Å². The number of rotatable bonds is 7. The Hall–Kier alpha value is -1.06. The topological polar surface area (TPSA) is 24.5 Å². The average molecular weight is 290 g/mol. The molecular formula is C18H30N2O. The van der Waals surface area contributed by atoms with Crippen molar-refractivity contribution in [3.8, 4) is 5.75 Å². The van der Waals surface area contributed by atoms with E-state index in [1.807, 2.05) is 0 Å². The molecule has 0 amide bonds. The molecule has 0 spiro atoms. The number of benzene rings is 1. The molecule has 0 bridgehead atoms. The lowest BCUT2D eigenvalue weighted by Gasteiger charge is -2.28. The highest BCUT2D eigenvalue weighted by Crippen LogP contribution is 2.30. The highest BCUT2D eigenvalue weighted by molar-refractivity contribution is 5.37. The normalized spacial score (nSPS) is 22.7. The third-order valence-electron chi connectivity index (χ3n) is 4.70. The maximum atomic E-state index is 5.57. The Kier molecular flexibility index (Phi) is 6.07. The lowest BCUT2D eigenvalue weighted by molar-refractivity contribution is 0.187. The number of ether oxygens (including phenoxy) is 1. The molecule has 2 rings (SSSR count). The fourth-order valence-electron chi connectivity index (χ4n) is 3.38. The van der Waals surface area contributed by atoms with E-state index in [0.717, 1.165) is 31.4 Å². The van der Waals surface area contributed by atoms with Gasteiger partial charge in [-0.15, -0.1) is 0 Å². The van der Waals surface area contributed by atoms with E-state index in [4.69, 9.17) is 4.74 Å². The second-order valence-corrected chi connectivity index (χ2v) is 6.09. The van der Waals surface area contributed by atoms with Gasteiger partial charge in [-0.1, -0.05) is 19.9 Å². The molecule has 0 aliphatic carbocycles. The van der Waals surface area contributed by atoms with Crippen molar-refractivity contribution >= 4 is 0 Å². The van der Waals surface area contributed by atoms with Gasteiger partial charge in [0.25, 0.3) is 0 Å². The minimum atomic E-state index is 0.678. The van der Waals surface area contributed by atoms with Gasteiger partial charge in [-0.3, -0.25) is 4.90 Å². The second-order valence-electron chi connectivity index (χ2n) is 6.09. The Labute approximate surface area is 129 Å². The van der Waals surface area contributed by atoms with Gasteiger partial charge in [0, 0.05) is 30.7 Å². The monoisotopic (exact) mass is 290 g/mol. The summed E-state index contributed by atoms with van der Waals surface area (Å²) in [7, 11) is 1.77. The lowest BCUT2D eigenvalue weighted by atomic mass is 10.1. The second kappa shape index (κ2) is 7.81. The Morgan fingerprint density at radius 3 is 2.76 bits per heavy atom. The number of hydrogen-bond donors (Lipinski definition) is 1. The maximum Gasteiger partial charge on any atom is 0.123 e. The van der Waals surface area contributed by atoms with Gasteiger partial charge in [0.2, 0.25) is 0 Å². The van der Waals surface area contributed by atoms with Crippen molar-refractivity contribution in [1.82, 2.24) is 10.2 Å². The summed E-state index contributed by atoms with van der Waals surface area (Å²) in [6.45, 7) is 9.73. The molecule has 0 aromatic heterocycles. The van der Waals surface area contributed by atoms with E-state index in [2.05, 4.69) is 49.2 Å². The van der Waals surface area contributed by atoms with Crippen LogP contribution >= 0.6 is 0 Å². The van der Waals surface area contributed by atoms with E-state index < -0.39 is 0 Å². The van der Waals surface area contributed by atoms with Gasteiger partial charge in [-0.2, -0.15) is 0 Å². The molecule has 1 heterocycles. The Morgan fingerprint density at radius 2 is 2.10 bits per heavy atom. The van der Waals surface area contributed by atoms with Gasteiger partial charge < -0.3 is 10.1 Å². The molecule has 1 aliphatic heterocycles. The first-order valence-electron chi connectivity index (χ1n) is 8.31. The van der Waals surface area contributed by atoms with Crippen LogP contribution in [0.3, 0.4) is 0 Å². The van der Waals surface area contributed by atoms with Crippen LogP contribution in [0.2, 0.25) is 0 Å². The third kappa shape index (κ3) is 3.98. The molecule has 3 nitrogen and oxygen atoms in total. The standard InChI is InChI=1S/C18H30N2O/c1-5-17-9-7-14(3)20(17)13-16-11-15(12-19-6-2)8-10-18(16)21-4/h8,10-11,14,17,19H,5-7,9,12-13H2,1-4H3. The first kappa shape index (κ1) is 16.3. The first-order valence-corrected chi connectivity index (χ1v) is 8.31. The van der Waals surface area contributed by atoms with Gasteiger partial charge in [0.15, 0.2) is 0 Å². The maximum absolute atomic E-state index is 5.57. The summed E-state index contributed by atoms with van der Waals surface area (Å²) in [6, 6.07) is 7.98. The van der Waals surface area contributed by atoms with E-state index in [0.29, 0.717) is 6.04 Å². The van der Waals surface area contributed by atoms with Crippen molar-refractivity contribution in [3.63, 3.8) is 0 Å². The quantitative estimate of drug-likeness (QED) is 0.831. The van der Waals surface area contributed by atoms with Gasteiger partial charge in [-0.25, -0.2) is 0 Å². The zero-order chi connectivity index (χ0) is 15.2. The van der Waals surface area contributed by atoms with Crippen LogP contribution in [-0.4, -0.2) is 30.6 Å². The van der Waals surface area contributed by atoms with Crippen LogP contribution in [0.25, 0.3) is 0 Å². The third-order valence-corrected chi connectivity index (χ3v) is 4.70. The van der Waals surface area contributed by atoms with Gasteiger partial charge >= 0.3 is 0 Å². The Morgan fingerprint density at radius 1 is 1.29 bits per heavy atom. The smallest absolute Gasteiger partial charge is 0.123 e. The molecule has 1 aliphatic rings. The minimum absolute atomic E-state index is 0.678. The van der Waals surface area contributed by atoms with Crippen LogP contribution in [0.4, 0.5) is 0 Å². The number of hydrogen-bond acceptors (Lipinski definition) is 3. The van der Waals surface area contributed by atoms with Crippen molar-refractivity contribution in [2.45, 2.75) is 65.2 Å². The van der Waals surface area contributed by atoms with Gasteiger partial charge in [0.1, 0.15) is 5.75 Å². The molecule has 1 saturated heterocycles. The van der Waals surface area contributed by atoms with Crippen LogP contribution in [0, 0.1) is 0 Å². The highest BCUT2D eigenvalue weighted by atomic mass is 16.5. The fraction of sp³-hybridized carbons (Fsp3) is 0.667. The predicted octanol–water partition coefficient (Wildman–Crippen LogP) is 3.57. The summed E-state index contributed by atoms with van der Waals surface area (Å²) in [6.07, 6.45) is 3.89. The zero-order valence-electron chi connectivity index (χ0n) is 14.0. The summed E-state index contributed by atoms with van der Waals surface area (Å²) in [5, 5.41) is 3.40. The van der Waals surface area contributed by atoms with Gasteiger partial charge in [-0.05, 0) is 50.4 Å². The van der Waals surface area contributed by atoms with E-state index in [-0.39, 0.29) is 0 Å². The van der Waals surface area contributed by atoms with E-state index in [9.17, 15) is 0 Å². The Bertz CT molecular complexity index is 447. The molecule has 1 N–H and O–H groups in total. The predicted molar refractivity (Wildman–Crippen MR) is 88.7 cm³/mol. The zero-order valence-corrected chi connectivity index (χ0v) is 14.0. The minimum Gasteiger partial charge on any atom is -0.496 e. The molecule has 0 saturated carbocycles. The summed E-state index contributed by atoms with van der Waals surface area (Å²) in [4.78, 5) is 2.65. The van der Waals surface area contributed by atoms with Crippen LogP contribution < -0.4 is 10.1 Å². The van der Waals surface area contributed by atoms with E-state index in [1.54, 1.807) is 7.11 Å². The summed E-state index contributed by atoms with van der Waals surface area (Å²) in [5.41, 5.74) is 2.66. The number of nitrogens with one attached hydrogen (secondary N) is 1. The molecule has 118 valence electrons. The summed E-state index contributed by atoms with van der Waals surface area (Å²) in [5.74, 6) is 1.02. The SMILES string of the molecule is CCNCc1ccc(OC)c(CN2C(C)CCC2CC)c1. The number of methoxy groups -OCH3 is 1. The average Bonchev–Trinajstić information content (AvgIpc) is 2.86. The fourth-order valence-corrected chi connectivity index (χ4v) is 3.38. The van der Waals surface area contributed by atoms with Gasteiger partial charge in [0.05, 0.1) is 7.11 Å². The number of nitrogens with zero attached hydrogens (tertiary/aromatic N) is 1. The largest absolute Gasteiger partial charge is 0.496 e. The molecule has 3 heteroatoms. The molecule has 1 fully saturated rings. The van der Waals surface area contributed by atoms with Crippen molar-refractivity contribution in [3.05, 3.63) is 29.3 Å². The molecule has 2 atom stereocenters. The van der Waals surface area contributed by atoms with E-state index in [1.165, 1.54) is 30.4 Å².